The molecule has 13 heteroatoms. The van der Waals surface area contributed by atoms with Gasteiger partial charge in [0.05, 0.1) is 12.4 Å². The number of anilines is 1. The highest BCUT2D eigenvalue weighted by atomic mass is 19.1. The molecule has 0 bridgehead atoms. The second kappa shape index (κ2) is 14.1. The molecule has 1 aromatic carbocycles. The highest BCUT2D eigenvalue weighted by molar-refractivity contribution is 5.93. The van der Waals surface area contributed by atoms with Crippen molar-refractivity contribution in [1.82, 2.24) is 35.6 Å². The molecule has 0 spiro atoms. The summed E-state index contributed by atoms with van der Waals surface area (Å²) in [6.07, 6.45) is 8.29. The SMILES string of the molecule is O=C(NCCc1ccccc1)OCc1ccnc(C(=O)N[C@@H]2CCC[C@H](Nc3nc(-c4c[nH]c5ncc(F)cc45)ncc3F)C2)c1. The van der Waals surface area contributed by atoms with Gasteiger partial charge < -0.3 is 25.7 Å². The molecule has 0 radical (unpaired) electrons. The summed E-state index contributed by atoms with van der Waals surface area (Å²) < 4.78 is 33.9. The number of nitrogens with zero attached hydrogens (tertiary/aromatic N) is 4. The van der Waals surface area contributed by atoms with E-state index < -0.39 is 17.7 Å². The van der Waals surface area contributed by atoms with Crippen LogP contribution in [0.4, 0.5) is 19.4 Å². The number of rotatable bonds is 10. The van der Waals surface area contributed by atoms with Gasteiger partial charge in [-0.1, -0.05) is 30.3 Å². The summed E-state index contributed by atoms with van der Waals surface area (Å²) in [5.74, 6) is -1.22. The van der Waals surface area contributed by atoms with Crippen LogP contribution in [-0.2, 0) is 17.8 Å². The Kier molecular flexibility index (Phi) is 9.37. The van der Waals surface area contributed by atoms with E-state index in [0.717, 1.165) is 37.2 Å². The summed E-state index contributed by atoms with van der Waals surface area (Å²) in [6.45, 7) is 0.435. The van der Waals surface area contributed by atoms with Gasteiger partial charge in [0.15, 0.2) is 17.5 Å². The number of benzene rings is 1. The lowest BCUT2D eigenvalue weighted by atomic mass is 9.91. The van der Waals surface area contributed by atoms with Crippen LogP contribution in [0.3, 0.4) is 0 Å². The van der Waals surface area contributed by atoms with E-state index in [1.807, 2.05) is 30.3 Å². The van der Waals surface area contributed by atoms with E-state index in [1.165, 1.54) is 12.3 Å². The fourth-order valence-electron chi connectivity index (χ4n) is 5.51. The van der Waals surface area contributed by atoms with Crippen molar-refractivity contribution >= 4 is 28.9 Å². The van der Waals surface area contributed by atoms with Crippen LogP contribution in [0.15, 0.2) is 73.3 Å². The largest absolute Gasteiger partial charge is 0.445 e. The highest BCUT2D eigenvalue weighted by Crippen LogP contribution is 2.28. The number of amides is 2. The van der Waals surface area contributed by atoms with Gasteiger partial charge in [0, 0.05) is 42.0 Å². The zero-order chi connectivity index (χ0) is 31.9. The predicted octanol–water partition coefficient (Wildman–Crippen LogP) is 5.32. The van der Waals surface area contributed by atoms with Crippen molar-refractivity contribution in [2.75, 3.05) is 11.9 Å². The number of fused-ring (bicyclic) bond motifs is 1. The van der Waals surface area contributed by atoms with Gasteiger partial charge in [-0.05, 0) is 61.4 Å². The molecule has 2 atom stereocenters. The van der Waals surface area contributed by atoms with Crippen LogP contribution in [-0.4, -0.2) is 55.5 Å². The Bertz CT molecular complexity index is 1830. The molecule has 11 nitrogen and oxygen atoms in total. The molecule has 4 aromatic heterocycles. The molecule has 0 saturated heterocycles. The molecule has 1 saturated carbocycles. The van der Waals surface area contributed by atoms with Gasteiger partial charge in [-0.25, -0.2) is 28.5 Å². The lowest BCUT2D eigenvalue weighted by Gasteiger charge is -2.30. The fraction of sp³-hybridized carbons (Fsp3) is 0.273. The lowest BCUT2D eigenvalue weighted by molar-refractivity contribution is 0.0921. The van der Waals surface area contributed by atoms with Crippen molar-refractivity contribution in [2.24, 2.45) is 0 Å². The molecular formula is C33H32F2N8O3. The Morgan fingerprint density at radius 2 is 1.83 bits per heavy atom. The minimum absolute atomic E-state index is 0.00805. The average Bonchev–Trinajstić information content (AvgIpc) is 3.49. The summed E-state index contributed by atoms with van der Waals surface area (Å²) in [6, 6.07) is 14.1. The van der Waals surface area contributed by atoms with Crippen molar-refractivity contribution < 1.29 is 23.1 Å². The summed E-state index contributed by atoms with van der Waals surface area (Å²) in [5, 5.41) is 9.41. The van der Waals surface area contributed by atoms with Crippen molar-refractivity contribution in [3.8, 4) is 11.4 Å². The van der Waals surface area contributed by atoms with Crippen LogP contribution in [0, 0.1) is 11.6 Å². The van der Waals surface area contributed by atoms with E-state index in [9.17, 15) is 18.4 Å². The molecule has 1 aliphatic carbocycles. The number of aromatic nitrogens is 5. The zero-order valence-electron chi connectivity index (χ0n) is 24.8. The molecule has 0 aliphatic heterocycles. The predicted molar refractivity (Wildman–Crippen MR) is 167 cm³/mol. The minimum atomic E-state index is -0.618. The number of nitrogens with one attached hydrogen (secondary N) is 4. The Balaban J connectivity index is 1.02. The topological polar surface area (TPSA) is 147 Å². The lowest BCUT2D eigenvalue weighted by Crippen LogP contribution is -2.42. The molecule has 5 aromatic rings. The van der Waals surface area contributed by atoms with Gasteiger partial charge in [0.1, 0.15) is 23.8 Å². The molecule has 46 heavy (non-hydrogen) atoms. The van der Waals surface area contributed by atoms with Crippen molar-refractivity contribution in [1.29, 1.82) is 0 Å². The van der Waals surface area contributed by atoms with E-state index in [0.29, 0.717) is 41.5 Å². The first-order valence-corrected chi connectivity index (χ1v) is 15.0. The molecule has 1 aliphatic rings. The standard InChI is InChI=1S/C33H32F2N8O3/c34-22-14-25-26(17-39-29(25)38-16-22)30-40-18-27(35)31(43-30)41-23-7-4-8-24(15-23)42-32(44)28-13-21(10-11-36-28)19-46-33(45)37-12-9-20-5-2-1-3-6-20/h1-3,5-6,10-11,13-14,16-18,23-24H,4,7-9,12,15,19H2,(H,37,45)(H,38,39)(H,42,44)(H,40,41,43)/t23-,24+/m0/s1. The van der Waals surface area contributed by atoms with Crippen LogP contribution in [0.5, 0.6) is 0 Å². The number of halogens is 2. The van der Waals surface area contributed by atoms with Crippen molar-refractivity contribution in [2.45, 2.75) is 50.8 Å². The fourth-order valence-corrected chi connectivity index (χ4v) is 5.51. The normalized spacial score (nSPS) is 16.1. The maximum atomic E-state index is 14.8. The van der Waals surface area contributed by atoms with Crippen LogP contribution >= 0.6 is 0 Å². The van der Waals surface area contributed by atoms with E-state index in [2.05, 4.69) is 40.9 Å². The Morgan fingerprint density at radius 1 is 0.978 bits per heavy atom. The quantitative estimate of drug-likeness (QED) is 0.163. The van der Waals surface area contributed by atoms with Gasteiger partial charge in [-0.3, -0.25) is 9.78 Å². The molecule has 236 valence electrons. The number of ether oxygens (including phenoxy) is 1. The Hall–Kier alpha value is -5.46. The van der Waals surface area contributed by atoms with Gasteiger partial charge in [0.2, 0.25) is 0 Å². The maximum absolute atomic E-state index is 14.8. The Labute approximate surface area is 263 Å². The third-order valence-corrected chi connectivity index (χ3v) is 7.79. The molecule has 1 fully saturated rings. The first-order chi connectivity index (χ1) is 22.4. The first kappa shape index (κ1) is 30.6. The number of aromatic amines is 1. The summed E-state index contributed by atoms with van der Waals surface area (Å²) in [7, 11) is 0. The summed E-state index contributed by atoms with van der Waals surface area (Å²) >= 11 is 0. The van der Waals surface area contributed by atoms with Crippen molar-refractivity contribution in [3.63, 3.8) is 0 Å². The van der Waals surface area contributed by atoms with Gasteiger partial charge >= 0.3 is 6.09 Å². The third kappa shape index (κ3) is 7.60. The number of hydrogen-bond acceptors (Lipinski definition) is 8. The molecule has 6 rings (SSSR count). The maximum Gasteiger partial charge on any atom is 0.407 e. The minimum Gasteiger partial charge on any atom is -0.445 e. The Morgan fingerprint density at radius 3 is 2.70 bits per heavy atom. The number of H-pyrrole nitrogens is 1. The van der Waals surface area contributed by atoms with Gasteiger partial charge in [0.25, 0.3) is 5.91 Å². The monoisotopic (exact) mass is 626 g/mol. The number of pyridine rings is 2. The molecular weight excluding hydrogens is 594 g/mol. The van der Waals surface area contributed by atoms with Crippen LogP contribution < -0.4 is 16.0 Å². The number of carbonyl (C=O) groups excluding carboxylic acids is 2. The molecule has 4 heterocycles. The van der Waals surface area contributed by atoms with Crippen LogP contribution in [0.1, 0.15) is 47.3 Å². The first-order valence-electron chi connectivity index (χ1n) is 15.0. The zero-order valence-corrected chi connectivity index (χ0v) is 24.8. The third-order valence-electron chi connectivity index (χ3n) is 7.79. The van der Waals surface area contributed by atoms with Crippen LogP contribution in [0.25, 0.3) is 22.4 Å². The summed E-state index contributed by atoms with van der Waals surface area (Å²) in [4.78, 5) is 44.9. The number of carbonyl (C=O) groups is 2. The van der Waals surface area contributed by atoms with E-state index >= 15 is 0 Å². The summed E-state index contributed by atoms with van der Waals surface area (Å²) in [5.41, 5.74) is 2.92. The molecule has 2 amide bonds. The average molecular weight is 627 g/mol. The second-order valence-electron chi connectivity index (χ2n) is 11.1. The number of hydrogen-bond donors (Lipinski definition) is 4. The van der Waals surface area contributed by atoms with E-state index in [-0.39, 0.29) is 41.9 Å². The second-order valence-corrected chi connectivity index (χ2v) is 11.1. The van der Waals surface area contributed by atoms with E-state index in [4.69, 9.17) is 4.74 Å². The smallest absolute Gasteiger partial charge is 0.407 e. The molecule has 4 N–H and O–H groups in total. The molecule has 0 unspecified atom stereocenters. The highest BCUT2D eigenvalue weighted by Gasteiger charge is 2.26. The van der Waals surface area contributed by atoms with E-state index in [1.54, 1.807) is 18.3 Å². The van der Waals surface area contributed by atoms with Crippen LogP contribution in [0.2, 0.25) is 0 Å². The number of alkyl carbamates (subject to hydrolysis) is 1. The van der Waals surface area contributed by atoms with Gasteiger partial charge in [-0.2, -0.15) is 0 Å². The van der Waals surface area contributed by atoms with Crippen molar-refractivity contribution in [3.05, 3.63) is 102 Å². The van der Waals surface area contributed by atoms with Gasteiger partial charge in [-0.15, -0.1) is 0 Å².